The maximum Gasteiger partial charge on any atom is 0.0542 e. The molecule has 1 aliphatic rings. The lowest BCUT2D eigenvalue weighted by Crippen LogP contribution is -2.13. The first-order valence-electron chi connectivity index (χ1n) is 7.23. The Morgan fingerprint density at radius 1 is 1.05 bits per heavy atom. The van der Waals surface area contributed by atoms with Crippen molar-refractivity contribution in [3.63, 3.8) is 0 Å². The zero-order chi connectivity index (χ0) is 14.1. The highest BCUT2D eigenvalue weighted by molar-refractivity contribution is 9.10. The quantitative estimate of drug-likeness (QED) is 0.766. The molecule has 0 spiro atoms. The molecule has 1 N–H and O–H groups in total. The molecule has 1 unspecified atom stereocenters. The SMILES string of the molecule is Cc1ccc(C(Nc2cccc(Br)c2C)C2CC2)cc1. The van der Waals surface area contributed by atoms with Crippen LogP contribution in [0.1, 0.15) is 35.6 Å². The average molecular weight is 330 g/mol. The number of benzene rings is 2. The van der Waals surface area contributed by atoms with Gasteiger partial charge in [-0.3, -0.25) is 0 Å². The van der Waals surface area contributed by atoms with Gasteiger partial charge in [0.15, 0.2) is 0 Å². The molecule has 1 nitrogen and oxygen atoms in total. The number of rotatable bonds is 4. The standard InChI is InChI=1S/C18H20BrN/c1-12-6-8-14(9-7-12)18(15-10-11-15)20-17-5-3-4-16(19)13(17)2/h3-9,15,18,20H,10-11H2,1-2H3. The van der Waals surface area contributed by atoms with Crippen LogP contribution in [0.25, 0.3) is 0 Å². The Bertz CT molecular complexity index is 599. The number of hydrogen-bond donors (Lipinski definition) is 1. The first kappa shape index (κ1) is 13.7. The van der Waals surface area contributed by atoms with Gasteiger partial charge in [-0.15, -0.1) is 0 Å². The van der Waals surface area contributed by atoms with Crippen molar-refractivity contribution >= 4 is 21.6 Å². The molecule has 0 aromatic heterocycles. The lowest BCUT2D eigenvalue weighted by Gasteiger charge is -2.22. The predicted octanol–water partition coefficient (Wildman–Crippen LogP) is 5.63. The van der Waals surface area contributed by atoms with E-state index in [-0.39, 0.29) is 0 Å². The summed E-state index contributed by atoms with van der Waals surface area (Å²) in [5.74, 6) is 0.774. The summed E-state index contributed by atoms with van der Waals surface area (Å²) in [6.45, 7) is 4.30. The third-order valence-corrected chi connectivity index (χ3v) is 4.97. The molecule has 2 heteroatoms. The molecule has 1 aliphatic carbocycles. The third-order valence-electron chi connectivity index (χ3n) is 4.11. The van der Waals surface area contributed by atoms with Crippen LogP contribution in [-0.4, -0.2) is 0 Å². The van der Waals surface area contributed by atoms with Gasteiger partial charge in [0, 0.05) is 10.2 Å². The highest BCUT2D eigenvalue weighted by Gasteiger charge is 2.32. The molecule has 3 rings (SSSR count). The molecule has 2 aromatic rings. The first-order chi connectivity index (χ1) is 9.65. The fourth-order valence-corrected chi connectivity index (χ4v) is 2.97. The van der Waals surface area contributed by atoms with Crippen molar-refractivity contribution in [1.82, 2.24) is 0 Å². The molecule has 0 radical (unpaired) electrons. The summed E-state index contributed by atoms with van der Waals surface area (Å²) in [6, 6.07) is 15.7. The van der Waals surface area contributed by atoms with Crippen LogP contribution < -0.4 is 5.32 Å². The Morgan fingerprint density at radius 2 is 1.75 bits per heavy atom. The molecule has 0 amide bonds. The maximum atomic E-state index is 3.76. The second-order valence-corrected chi connectivity index (χ2v) is 6.64. The van der Waals surface area contributed by atoms with Crippen LogP contribution >= 0.6 is 15.9 Å². The van der Waals surface area contributed by atoms with Gasteiger partial charge in [0.2, 0.25) is 0 Å². The topological polar surface area (TPSA) is 12.0 Å². The maximum absolute atomic E-state index is 3.76. The van der Waals surface area contributed by atoms with E-state index in [0.29, 0.717) is 6.04 Å². The van der Waals surface area contributed by atoms with Crippen LogP contribution in [0, 0.1) is 19.8 Å². The molecule has 20 heavy (non-hydrogen) atoms. The van der Waals surface area contributed by atoms with E-state index in [9.17, 15) is 0 Å². The molecule has 0 heterocycles. The third kappa shape index (κ3) is 2.90. The van der Waals surface area contributed by atoms with Gasteiger partial charge < -0.3 is 5.32 Å². The van der Waals surface area contributed by atoms with Crippen molar-refractivity contribution < 1.29 is 0 Å². The van der Waals surface area contributed by atoms with Gasteiger partial charge in [-0.25, -0.2) is 0 Å². The average Bonchev–Trinajstić information content (AvgIpc) is 3.26. The monoisotopic (exact) mass is 329 g/mol. The van der Waals surface area contributed by atoms with Crippen LogP contribution in [-0.2, 0) is 0 Å². The van der Waals surface area contributed by atoms with E-state index < -0.39 is 0 Å². The van der Waals surface area contributed by atoms with Crippen molar-refractivity contribution in [2.24, 2.45) is 5.92 Å². The molecule has 0 bridgehead atoms. The van der Waals surface area contributed by atoms with E-state index in [1.165, 1.54) is 39.7 Å². The van der Waals surface area contributed by atoms with Crippen LogP contribution in [0.3, 0.4) is 0 Å². The molecule has 1 atom stereocenters. The number of halogens is 1. The van der Waals surface area contributed by atoms with Gasteiger partial charge >= 0.3 is 0 Å². The number of aryl methyl sites for hydroxylation is 1. The number of anilines is 1. The second-order valence-electron chi connectivity index (χ2n) is 5.78. The van der Waals surface area contributed by atoms with Gasteiger partial charge in [-0.1, -0.05) is 51.8 Å². The molecule has 0 aliphatic heterocycles. The summed E-state index contributed by atoms with van der Waals surface area (Å²) in [5, 5.41) is 3.76. The van der Waals surface area contributed by atoms with Gasteiger partial charge in [0.1, 0.15) is 0 Å². The van der Waals surface area contributed by atoms with E-state index in [4.69, 9.17) is 0 Å². The van der Waals surface area contributed by atoms with E-state index in [0.717, 1.165) is 5.92 Å². The fourth-order valence-electron chi connectivity index (χ4n) is 2.61. The van der Waals surface area contributed by atoms with E-state index in [1.807, 2.05) is 0 Å². The van der Waals surface area contributed by atoms with Crippen LogP contribution in [0.2, 0.25) is 0 Å². The fraction of sp³-hybridized carbons (Fsp3) is 0.333. The Hall–Kier alpha value is -1.28. The number of hydrogen-bond acceptors (Lipinski definition) is 1. The molecular weight excluding hydrogens is 310 g/mol. The minimum Gasteiger partial charge on any atom is -0.378 e. The molecule has 2 aromatic carbocycles. The lowest BCUT2D eigenvalue weighted by molar-refractivity contribution is 0.678. The van der Waals surface area contributed by atoms with Gasteiger partial charge in [0.25, 0.3) is 0 Å². The van der Waals surface area contributed by atoms with E-state index in [1.54, 1.807) is 0 Å². The van der Waals surface area contributed by atoms with Crippen molar-refractivity contribution in [1.29, 1.82) is 0 Å². The Balaban J connectivity index is 1.88. The Labute approximate surface area is 129 Å². The van der Waals surface area contributed by atoms with Crippen molar-refractivity contribution in [3.8, 4) is 0 Å². The minimum absolute atomic E-state index is 0.434. The summed E-state index contributed by atoms with van der Waals surface area (Å²) in [6.07, 6.45) is 2.66. The predicted molar refractivity (Wildman–Crippen MR) is 89.1 cm³/mol. The smallest absolute Gasteiger partial charge is 0.0542 e. The van der Waals surface area contributed by atoms with Crippen molar-refractivity contribution in [2.75, 3.05) is 5.32 Å². The molecule has 1 saturated carbocycles. The van der Waals surface area contributed by atoms with E-state index in [2.05, 4.69) is 77.6 Å². The van der Waals surface area contributed by atoms with Crippen molar-refractivity contribution in [2.45, 2.75) is 32.7 Å². The first-order valence-corrected chi connectivity index (χ1v) is 8.02. The molecule has 0 saturated heterocycles. The molecule has 1 fully saturated rings. The summed E-state index contributed by atoms with van der Waals surface area (Å²) >= 11 is 3.61. The molecule has 104 valence electrons. The largest absolute Gasteiger partial charge is 0.378 e. The zero-order valence-corrected chi connectivity index (χ0v) is 13.6. The highest BCUT2D eigenvalue weighted by Crippen LogP contribution is 2.43. The van der Waals surface area contributed by atoms with Gasteiger partial charge in [0.05, 0.1) is 6.04 Å². The minimum atomic E-state index is 0.434. The van der Waals surface area contributed by atoms with Crippen LogP contribution in [0.15, 0.2) is 46.9 Å². The summed E-state index contributed by atoms with van der Waals surface area (Å²) in [4.78, 5) is 0. The van der Waals surface area contributed by atoms with Gasteiger partial charge in [-0.05, 0) is 55.9 Å². The second kappa shape index (κ2) is 5.61. The van der Waals surface area contributed by atoms with E-state index >= 15 is 0 Å². The Kier molecular flexibility index (Phi) is 3.84. The highest BCUT2D eigenvalue weighted by atomic mass is 79.9. The van der Waals surface area contributed by atoms with Gasteiger partial charge in [-0.2, -0.15) is 0 Å². The molecular formula is C18H20BrN. The van der Waals surface area contributed by atoms with Crippen LogP contribution in [0.5, 0.6) is 0 Å². The normalized spacial score (nSPS) is 15.9. The summed E-state index contributed by atoms with van der Waals surface area (Å²) < 4.78 is 1.17. The lowest BCUT2D eigenvalue weighted by atomic mass is 10.00. The zero-order valence-electron chi connectivity index (χ0n) is 12.0. The number of nitrogens with one attached hydrogen (secondary N) is 1. The Morgan fingerprint density at radius 3 is 2.40 bits per heavy atom. The van der Waals surface area contributed by atoms with Crippen molar-refractivity contribution in [3.05, 3.63) is 63.6 Å². The van der Waals surface area contributed by atoms with Crippen LogP contribution in [0.4, 0.5) is 5.69 Å². The summed E-state index contributed by atoms with van der Waals surface area (Å²) in [5.41, 5.74) is 5.24. The summed E-state index contributed by atoms with van der Waals surface area (Å²) in [7, 11) is 0.